The summed E-state index contributed by atoms with van der Waals surface area (Å²) in [6.45, 7) is 3.07. The van der Waals surface area contributed by atoms with Gasteiger partial charge in [-0.1, -0.05) is 145 Å². The molecule has 364 valence electrons. The maximum atomic E-state index is 12.6. The summed E-state index contributed by atoms with van der Waals surface area (Å²) in [7, 11) is 0. The SMILES string of the molecule is Cc1ccc(C(O)(c2ccccc2)c2ccc(C(=O)ON3C(=O)CCC3=O)cc2)cc1.[3H][C@H]1C[C@H](O)[C@@H](CN)O1.[3H][C@H]1C[C@H](O)[C@@H](CNC(=O)c2ccc(C(O)(c3ccccc3)c3ccc(C)cc3)cc2)O1. The Morgan fingerprint density at radius 1 is 0.614 bits per heavy atom. The van der Waals surface area contributed by atoms with Crippen LogP contribution in [0.25, 0.3) is 0 Å². The molecular weight excluding hydrogens is 891 g/mol. The lowest BCUT2D eigenvalue weighted by atomic mass is 9.80. The lowest BCUT2D eigenvalue weighted by Gasteiger charge is -2.30. The number of aliphatic hydroxyl groups excluding tert-OH is 2. The number of hydroxylamine groups is 2. The van der Waals surface area contributed by atoms with Crippen LogP contribution in [0.4, 0.5) is 0 Å². The van der Waals surface area contributed by atoms with E-state index in [9.17, 15) is 34.5 Å². The molecule has 14 heteroatoms. The minimum atomic E-state index is -1.43. The molecule has 3 amide bonds. The topological polar surface area (TPSA) is 218 Å². The first-order valence-electron chi connectivity index (χ1n) is 24.2. The molecule has 3 fully saturated rings. The first-order valence-corrected chi connectivity index (χ1v) is 23.0. The molecule has 0 bridgehead atoms. The molecule has 0 aromatic heterocycles. The summed E-state index contributed by atoms with van der Waals surface area (Å²) in [5, 5.41) is 45.9. The highest BCUT2D eigenvalue weighted by Gasteiger charge is 2.37. The molecule has 3 aliphatic rings. The van der Waals surface area contributed by atoms with Crippen LogP contribution < -0.4 is 11.1 Å². The molecule has 6 aromatic carbocycles. The van der Waals surface area contributed by atoms with Crippen molar-refractivity contribution < 1.29 is 56.7 Å². The van der Waals surface area contributed by atoms with E-state index in [0.29, 0.717) is 45.8 Å². The number of carbonyl (C=O) groups is 4. The number of carbonyl (C=O) groups excluding carboxylic acids is 4. The van der Waals surface area contributed by atoms with Crippen LogP contribution in [0.2, 0.25) is 0 Å². The largest absolute Gasteiger partial charge is 0.390 e. The first kappa shape index (κ1) is 48.2. The van der Waals surface area contributed by atoms with Crippen molar-refractivity contribution in [3.63, 3.8) is 0 Å². The fraction of sp³-hybridized carbons (Fsp3) is 0.286. The third kappa shape index (κ3) is 11.7. The van der Waals surface area contributed by atoms with Gasteiger partial charge >= 0.3 is 5.97 Å². The zero-order valence-electron chi connectivity index (χ0n) is 40.9. The van der Waals surface area contributed by atoms with Gasteiger partial charge in [-0.3, -0.25) is 14.4 Å². The van der Waals surface area contributed by atoms with Crippen molar-refractivity contribution in [1.29, 1.82) is 0 Å². The molecule has 9 rings (SSSR count). The predicted octanol–water partition coefficient (Wildman–Crippen LogP) is 5.75. The second-order valence-electron chi connectivity index (χ2n) is 17.2. The fourth-order valence-corrected chi connectivity index (χ4v) is 8.18. The molecule has 0 aliphatic carbocycles. The summed E-state index contributed by atoms with van der Waals surface area (Å²) >= 11 is 0. The summed E-state index contributed by atoms with van der Waals surface area (Å²) in [5.74, 6) is -2.19. The van der Waals surface area contributed by atoms with E-state index >= 15 is 0 Å². The molecule has 0 radical (unpaired) electrons. The number of aliphatic hydroxyl groups is 4. The average molecular weight is 954 g/mol. The minimum Gasteiger partial charge on any atom is -0.390 e. The maximum absolute atomic E-state index is 12.6. The number of nitrogens with one attached hydrogen (secondary N) is 1. The van der Waals surface area contributed by atoms with Gasteiger partial charge in [-0.25, -0.2) is 4.79 Å². The van der Waals surface area contributed by atoms with Crippen LogP contribution in [-0.2, 0) is 35.1 Å². The van der Waals surface area contributed by atoms with E-state index in [0.717, 1.165) is 22.3 Å². The van der Waals surface area contributed by atoms with Gasteiger partial charge in [-0.15, -0.1) is 5.06 Å². The molecule has 6 aromatic rings. The quantitative estimate of drug-likeness (QED) is 0.0638. The number of imide groups is 1. The molecule has 0 spiro atoms. The maximum Gasteiger partial charge on any atom is 0.363 e. The van der Waals surface area contributed by atoms with E-state index in [2.05, 4.69) is 5.32 Å². The average Bonchev–Trinajstić information content (AvgIpc) is 4.04. The Balaban J connectivity index is 0.000000180. The van der Waals surface area contributed by atoms with Gasteiger partial charge in [0.25, 0.3) is 17.7 Å². The molecule has 3 aliphatic heterocycles. The lowest BCUT2D eigenvalue weighted by Crippen LogP contribution is -2.37. The predicted molar refractivity (Wildman–Crippen MR) is 261 cm³/mol. The zero-order valence-corrected chi connectivity index (χ0v) is 38.9. The highest BCUT2D eigenvalue weighted by molar-refractivity contribution is 6.02. The van der Waals surface area contributed by atoms with E-state index in [4.69, 9.17) is 27.9 Å². The summed E-state index contributed by atoms with van der Waals surface area (Å²) < 4.78 is 24.8. The molecule has 0 saturated carbocycles. The summed E-state index contributed by atoms with van der Waals surface area (Å²) in [6, 6.07) is 47.2. The smallest absolute Gasteiger partial charge is 0.363 e. The van der Waals surface area contributed by atoms with Crippen LogP contribution in [0.3, 0.4) is 0 Å². The fourth-order valence-electron chi connectivity index (χ4n) is 8.18. The van der Waals surface area contributed by atoms with Crippen LogP contribution in [0.15, 0.2) is 158 Å². The summed E-state index contributed by atoms with van der Waals surface area (Å²) in [6.07, 6.45) is -1.48. The highest BCUT2D eigenvalue weighted by Crippen LogP contribution is 2.38. The van der Waals surface area contributed by atoms with Crippen LogP contribution >= 0.6 is 0 Å². The molecule has 8 atom stereocenters. The Kier molecular flexibility index (Phi) is 15.9. The number of hydrogen-bond acceptors (Lipinski definition) is 12. The van der Waals surface area contributed by atoms with Crippen molar-refractivity contribution in [2.75, 3.05) is 26.3 Å². The van der Waals surface area contributed by atoms with Gasteiger partial charge in [-0.05, 0) is 84.3 Å². The van der Waals surface area contributed by atoms with E-state index in [1.165, 1.54) is 12.1 Å². The van der Waals surface area contributed by atoms with Crippen LogP contribution in [0.1, 0.15) is 93.6 Å². The molecular formula is C56H59N3O11. The van der Waals surface area contributed by atoms with E-state index in [1.54, 1.807) is 36.4 Å². The van der Waals surface area contributed by atoms with Crippen molar-refractivity contribution in [3.05, 3.63) is 213 Å². The van der Waals surface area contributed by atoms with Gasteiger partial charge in [0.05, 0.1) is 26.6 Å². The van der Waals surface area contributed by atoms with Crippen molar-refractivity contribution in [2.45, 2.75) is 75.1 Å². The Hall–Kier alpha value is -6.88. The first-order chi connectivity index (χ1) is 34.5. The number of ether oxygens (including phenoxy) is 2. The highest BCUT2D eigenvalue weighted by atomic mass is 16.7. The Morgan fingerprint density at radius 3 is 1.36 bits per heavy atom. The van der Waals surface area contributed by atoms with Crippen molar-refractivity contribution in [3.8, 4) is 0 Å². The van der Waals surface area contributed by atoms with Gasteiger partial charge in [0.2, 0.25) is 0 Å². The van der Waals surface area contributed by atoms with Gasteiger partial charge < -0.3 is 45.8 Å². The molecule has 70 heavy (non-hydrogen) atoms. The number of hydrogen-bond donors (Lipinski definition) is 6. The van der Waals surface area contributed by atoms with Gasteiger partial charge in [0.15, 0.2) is 0 Å². The third-order valence-corrected chi connectivity index (χ3v) is 12.4. The van der Waals surface area contributed by atoms with Crippen molar-refractivity contribution in [1.82, 2.24) is 10.4 Å². The number of nitrogens with zero attached hydrogens (tertiary/aromatic N) is 1. The van der Waals surface area contributed by atoms with Crippen molar-refractivity contribution >= 4 is 23.7 Å². The van der Waals surface area contributed by atoms with Crippen LogP contribution in [0, 0.1) is 13.8 Å². The molecule has 7 N–H and O–H groups in total. The van der Waals surface area contributed by atoms with Gasteiger partial charge in [0, 0.05) is 44.7 Å². The Labute approximate surface area is 410 Å². The van der Waals surface area contributed by atoms with E-state index < -0.39 is 60.5 Å². The van der Waals surface area contributed by atoms with E-state index in [-0.39, 0.29) is 43.4 Å². The second kappa shape index (κ2) is 23.2. The molecule has 14 nitrogen and oxygen atoms in total. The normalized spacial score (nSPS) is 22.8. The number of nitrogens with two attached hydrogens (primary N) is 1. The summed E-state index contributed by atoms with van der Waals surface area (Å²) in [5.41, 5.74) is 9.25. The summed E-state index contributed by atoms with van der Waals surface area (Å²) in [4.78, 5) is 53.3. The number of rotatable bonds is 12. The second-order valence-corrected chi connectivity index (χ2v) is 17.2. The Bertz CT molecular complexity index is 2760. The molecule has 2 unspecified atom stereocenters. The molecule has 3 saturated heterocycles. The van der Waals surface area contributed by atoms with Crippen molar-refractivity contribution in [2.24, 2.45) is 5.73 Å². The standard InChI is InChI=1S/C26H27NO4.C25H21NO5.C5H11NO2/c1-18-7-11-21(12-8-18)26(30,20-5-3-2-4-6-20)22-13-9-19(10-14-22)25(29)27-17-24-23(28)15-16-31-24;1-17-7-11-20(12-8-17)25(30,19-5-3-2-4-6-19)21-13-9-18(10-14-21)24(29)31-26-22(27)15-16-23(26)28;6-3-5-4(7)1-2-8-5/h2-14,23-24,28,30H,15-17H2,1H3,(H,27,29);2-14,30H,15-16H2,1H3;4-5,7H,1-3,6H2/t23-,24+,26?;;4-,5+/m0.0/s1/i16T;;2T/t16-,23-,24+,26?;;2-,4-,5+. The number of amides is 3. The monoisotopic (exact) mass is 953 g/mol. The van der Waals surface area contributed by atoms with Crippen LogP contribution in [0.5, 0.6) is 0 Å². The lowest BCUT2D eigenvalue weighted by molar-refractivity contribution is -0.172. The zero-order chi connectivity index (χ0) is 51.6. The molecule has 3 heterocycles. The van der Waals surface area contributed by atoms with Crippen LogP contribution in [-0.4, -0.2) is 99.9 Å². The number of benzene rings is 6. The van der Waals surface area contributed by atoms with Gasteiger partial charge in [0.1, 0.15) is 17.3 Å². The van der Waals surface area contributed by atoms with Gasteiger partial charge in [-0.2, -0.15) is 0 Å². The Morgan fingerprint density at radius 2 is 0.986 bits per heavy atom. The number of aryl methyl sites for hydroxylation is 2. The van der Waals surface area contributed by atoms with E-state index in [1.807, 2.05) is 123 Å². The third-order valence-electron chi connectivity index (χ3n) is 12.4. The minimum absolute atomic E-state index is 0.0334.